The molecule has 2 heterocycles. The van der Waals surface area contributed by atoms with E-state index in [2.05, 4.69) is 30.5 Å². The Bertz CT molecular complexity index is 709. The molecule has 118 valence electrons. The Kier molecular flexibility index (Phi) is 4.82. The topological polar surface area (TPSA) is 62.3 Å². The summed E-state index contributed by atoms with van der Waals surface area (Å²) in [6.07, 6.45) is 3.37. The van der Waals surface area contributed by atoms with Crippen LogP contribution < -0.4 is 9.62 Å². The maximum atomic E-state index is 12.4. The Labute approximate surface area is 142 Å². The number of benzene rings is 1. The Morgan fingerprint density at radius 3 is 2.50 bits per heavy atom. The van der Waals surface area contributed by atoms with Crippen molar-refractivity contribution in [2.45, 2.75) is 23.8 Å². The molecule has 1 N–H and O–H groups in total. The van der Waals surface area contributed by atoms with Gasteiger partial charge in [0.2, 0.25) is 10.0 Å². The number of hydrogen-bond donors (Lipinski definition) is 1. The average Bonchev–Trinajstić information content (AvgIpc) is 3.02. The number of rotatable bonds is 4. The Hall–Kier alpha value is -0.960. The fourth-order valence-corrected chi connectivity index (χ4v) is 4.73. The Morgan fingerprint density at radius 2 is 1.91 bits per heavy atom. The molecule has 1 aromatic heterocycles. The summed E-state index contributed by atoms with van der Waals surface area (Å²) < 4.78 is 28.4. The van der Waals surface area contributed by atoms with Crippen molar-refractivity contribution in [3.63, 3.8) is 0 Å². The first-order chi connectivity index (χ1) is 10.5. The second-order valence-electron chi connectivity index (χ2n) is 5.15. The number of halogens is 1. The van der Waals surface area contributed by atoms with E-state index >= 15 is 0 Å². The zero-order chi connectivity index (χ0) is 15.6. The molecule has 0 amide bonds. The van der Waals surface area contributed by atoms with Crippen molar-refractivity contribution in [2.24, 2.45) is 0 Å². The average molecular weight is 402 g/mol. The smallest absolute Gasteiger partial charge is 0.240 e. The molecule has 3 rings (SSSR count). The first-order valence-corrected chi connectivity index (χ1v) is 10.1. The largest absolute Gasteiger partial charge is 0.348 e. The van der Waals surface area contributed by atoms with Crippen LogP contribution in [0.3, 0.4) is 0 Å². The van der Waals surface area contributed by atoms with Gasteiger partial charge in [-0.25, -0.2) is 18.1 Å². The van der Waals surface area contributed by atoms with Gasteiger partial charge in [0.05, 0.1) is 4.90 Å². The Balaban J connectivity index is 1.61. The van der Waals surface area contributed by atoms with Gasteiger partial charge in [0.1, 0.15) is 0 Å². The fourth-order valence-electron chi connectivity index (χ4n) is 2.46. The molecule has 0 spiro atoms. The van der Waals surface area contributed by atoms with Crippen molar-refractivity contribution >= 4 is 42.4 Å². The van der Waals surface area contributed by atoms with Gasteiger partial charge >= 0.3 is 0 Å². The SMILES string of the molecule is O=S(=O)(NC1CCN(c2nccs2)CC1)c1ccc(Br)cc1. The van der Waals surface area contributed by atoms with Crippen LogP contribution in [0.25, 0.3) is 0 Å². The quantitative estimate of drug-likeness (QED) is 0.855. The van der Waals surface area contributed by atoms with Gasteiger partial charge in [-0.05, 0) is 37.1 Å². The molecule has 0 radical (unpaired) electrons. The second-order valence-corrected chi connectivity index (χ2v) is 8.65. The first-order valence-electron chi connectivity index (χ1n) is 6.97. The van der Waals surface area contributed by atoms with Gasteiger partial charge in [0.15, 0.2) is 5.13 Å². The summed E-state index contributed by atoms with van der Waals surface area (Å²) in [5.74, 6) is 0. The number of nitrogens with zero attached hydrogens (tertiary/aromatic N) is 2. The van der Waals surface area contributed by atoms with E-state index in [1.165, 1.54) is 0 Å². The minimum absolute atomic E-state index is 0.0233. The van der Waals surface area contributed by atoms with E-state index in [1.54, 1.807) is 41.8 Å². The van der Waals surface area contributed by atoms with Crippen LogP contribution in [0.1, 0.15) is 12.8 Å². The normalized spacial score (nSPS) is 16.9. The minimum atomic E-state index is -3.45. The van der Waals surface area contributed by atoms with Gasteiger partial charge in [-0.2, -0.15) is 0 Å². The van der Waals surface area contributed by atoms with E-state index in [9.17, 15) is 8.42 Å². The minimum Gasteiger partial charge on any atom is -0.348 e. The molecule has 2 aromatic rings. The van der Waals surface area contributed by atoms with Crippen LogP contribution in [0, 0.1) is 0 Å². The van der Waals surface area contributed by atoms with Crippen molar-refractivity contribution in [3.8, 4) is 0 Å². The van der Waals surface area contributed by atoms with Gasteiger partial charge in [0, 0.05) is 35.2 Å². The molecule has 0 bridgehead atoms. The van der Waals surface area contributed by atoms with Crippen LogP contribution in [0.5, 0.6) is 0 Å². The summed E-state index contributed by atoms with van der Waals surface area (Å²) >= 11 is 4.92. The van der Waals surface area contributed by atoms with Crippen molar-refractivity contribution in [1.29, 1.82) is 0 Å². The number of nitrogens with one attached hydrogen (secondary N) is 1. The van der Waals surface area contributed by atoms with Crippen LogP contribution >= 0.6 is 27.3 Å². The van der Waals surface area contributed by atoms with Crippen LogP contribution in [0.4, 0.5) is 5.13 Å². The molecule has 0 unspecified atom stereocenters. The lowest BCUT2D eigenvalue weighted by molar-refractivity contribution is 0.460. The van der Waals surface area contributed by atoms with Gasteiger partial charge in [0.25, 0.3) is 0 Å². The van der Waals surface area contributed by atoms with Crippen molar-refractivity contribution in [2.75, 3.05) is 18.0 Å². The number of anilines is 1. The molecule has 1 aliphatic heterocycles. The fraction of sp³-hybridized carbons (Fsp3) is 0.357. The van der Waals surface area contributed by atoms with Crippen LogP contribution in [0.2, 0.25) is 0 Å². The maximum absolute atomic E-state index is 12.4. The molecule has 1 aliphatic rings. The molecule has 8 heteroatoms. The standard InChI is InChI=1S/C14H16BrN3O2S2/c15-11-1-3-13(4-2-11)22(19,20)17-12-5-8-18(9-6-12)14-16-7-10-21-14/h1-4,7,10,12,17H,5-6,8-9H2. The number of thiazole rings is 1. The van der Waals surface area contributed by atoms with Gasteiger partial charge in [-0.3, -0.25) is 0 Å². The first kappa shape index (κ1) is 15.9. The van der Waals surface area contributed by atoms with E-state index < -0.39 is 10.0 Å². The molecule has 22 heavy (non-hydrogen) atoms. The molecule has 5 nitrogen and oxygen atoms in total. The van der Waals surface area contributed by atoms with Gasteiger partial charge < -0.3 is 4.90 Å². The lowest BCUT2D eigenvalue weighted by Crippen LogP contribution is -2.44. The summed E-state index contributed by atoms with van der Waals surface area (Å²) in [4.78, 5) is 6.80. The highest BCUT2D eigenvalue weighted by Gasteiger charge is 2.25. The zero-order valence-corrected chi connectivity index (χ0v) is 15.0. The third kappa shape index (κ3) is 3.68. The lowest BCUT2D eigenvalue weighted by Gasteiger charge is -2.31. The molecular weight excluding hydrogens is 386 g/mol. The molecule has 1 saturated heterocycles. The van der Waals surface area contributed by atoms with Crippen molar-refractivity contribution < 1.29 is 8.42 Å². The number of aromatic nitrogens is 1. The van der Waals surface area contributed by atoms with Crippen LogP contribution in [-0.2, 0) is 10.0 Å². The van der Waals surface area contributed by atoms with Crippen molar-refractivity contribution in [1.82, 2.24) is 9.71 Å². The summed E-state index contributed by atoms with van der Waals surface area (Å²) in [7, 11) is -3.45. The third-order valence-corrected chi connectivity index (χ3v) is 6.53. The summed E-state index contributed by atoms with van der Waals surface area (Å²) in [5, 5.41) is 2.96. The van der Waals surface area contributed by atoms with E-state index in [0.717, 1.165) is 35.5 Å². The zero-order valence-electron chi connectivity index (χ0n) is 11.8. The maximum Gasteiger partial charge on any atom is 0.240 e. The van der Waals surface area contributed by atoms with E-state index in [1.807, 2.05) is 5.38 Å². The highest BCUT2D eigenvalue weighted by molar-refractivity contribution is 9.10. The molecule has 0 aliphatic carbocycles. The van der Waals surface area contributed by atoms with Crippen LogP contribution in [0.15, 0.2) is 45.2 Å². The molecule has 0 saturated carbocycles. The number of sulfonamides is 1. The monoisotopic (exact) mass is 401 g/mol. The Morgan fingerprint density at radius 1 is 1.23 bits per heavy atom. The molecule has 1 aromatic carbocycles. The highest BCUT2D eigenvalue weighted by atomic mass is 79.9. The van der Waals surface area contributed by atoms with E-state index in [4.69, 9.17) is 0 Å². The van der Waals surface area contributed by atoms with Crippen LogP contribution in [-0.4, -0.2) is 32.5 Å². The van der Waals surface area contributed by atoms with Crippen molar-refractivity contribution in [3.05, 3.63) is 40.3 Å². The van der Waals surface area contributed by atoms with Gasteiger partial charge in [-0.15, -0.1) is 11.3 Å². The summed E-state index contributed by atoms with van der Waals surface area (Å²) in [5.41, 5.74) is 0. The summed E-state index contributed by atoms with van der Waals surface area (Å²) in [6, 6.07) is 6.66. The summed E-state index contributed by atoms with van der Waals surface area (Å²) in [6.45, 7) is 1.64. The molecule has 0 atom stereocenters. The highest BCUT2D eigenvalue weighted by Crippen LogP contribution is 2.23. The lowest BCUT2D eigenvalue weighted by atomic mass is 10.1. The number of hydrogen-bond acceptors (Lipinski definition) is 5. The molecule has 1 fully saturated rings. The van der Waals surface area contributed by atoms with E-state index in [-0.39, 0.29) is 6.04 Å². The number of piperidine rings is 1. The predicted molar refractivity (Wildman–Crippen MR) is 91.8 cm³/mol. The van der Waals surface area contributed by atoms with E-state index in [0.29, 0.717) is 4.90 Å². The molecular formula is C14H16BrN3O2S2. The predicted octanol–water partition coefficient (Wildman–Crippen LogP) is 2.85. The third-order valence-electron chi connectivity index (χ3n) is 3.63. The second kappa shape index (κ2) is 6.66. The van der Waals surface area contributed by atoms with Gasteiger partial charge in [-0.1, -0.05) is 15.9 Å².